The number of nitrogens with zero attached hydrogens (tertiary/aromatic N) is 1. The zero-order valence-electron chi connectivity index (χ0n) is 12.9. The highest BCUT2D eigenvalue weighted by Gasteiger charge is 2.31. The van der Waals surface area contributed by atoms with E-state index in [4.69, 9.17) is 5.11 Å². The van der Waals surface area contributed by atoms with E-state index >= 15 is 0 Å². The van der Waals surface area contributed by atoms with Gasteiger partial charge >= 0.3 is 5.97 Å². The summed E-state index contributed by atoms with van der Waals surface area (Å²) >= 11 is 0. The Morgan fingerprint density at radius 1 is 1.35 bits per heavy atom. The number of likely N-dealkylation sites (tertiary alicyclic amines) is 1. The number of aliphatic carboxylic acids is 1. The molecule has 0 saturated carbocycles. The van der Waals surface area contributed by atoms with Crippen molar-refractivity contribution in [3.05, 3.63) is 34.4 Å². The Morgan fingerprint density at radius 2 is 1.95 bits per heavy atom. The van der Waals surface area contributed by atoms with Gasteiger partial charge in [0, 0.05) is 12.1 Å². The normalized spacial score (nSPS) is 21.1. The van der Waals surface area contributed by atoms with Gasteiger partial charge in [-0.15, -0.1) is 0 Å². The van der Waals surface area contributed by atoms with Crippen LogP contribution in [0, 0.1) is 20.8 Å². The van der Waals surface area contributed by atoms with Crippen LogP contribution in [-0.4, -0.2) is 28.6 Å². The van der Waals surface area contributed by atoms with E-state index < -0.39 is 5.97 Å². The molecule has 110 valence electrons. The summed E-state index contributed by atoms with van der Waals surface area (Å²) in [6.07, 6.45) is 2.36. The third kappa shape index (κ3) is 3.04. The molecule has 0 aliphatic carbocycles. The number of carboxylic acid groups (broad SMARTS) is 1. The molecule has 2 unspecified atom stereocenters. The van der Waals surface area contributed by atoms with Crippen LogP contribution in [-0.2, 0) is 4.79 Å². The molecule has 2 rings (SSSR count). The van der Waals surface area contributed by atoms with Crippen LogP contribution in [0.15, 0.2) is 12.1 Å². The van der Waals surface area contributed by atoms with Crippen LogP contribution in [0.5, 0.6) is 0 Å². The molecule has 1 aliphatic heterocycles. The number of aryl methyl sites for hydroxylation is 3. The molecular weight excluding hydrogens is 250 g/mol. The van der Waals surface area contributed by atoms with E-state index in [9.17, 15) is 4.79 Å². The van der Waals surface area contributed by atoms with Gasteiger partial charge in [0.15, 0.2) is 0 Å². The zero-order chi connectivity index (χ0) is 14.9. The molecule has 1 aromatic rings. The standard InChI is InChI=1S/C17H25NO2/c1-11-8-12(2)17(13(3)9-11)14(4)18-7-5-6-15(18)10-16(19)20/h8-9,14-15H,5-7,10H2,1-4H3,(H,19,20). The largest absolute Gasteiger partial charge is 0.481 e. The number of carbonyl (C=O) groups is 1. The van der Waals surface area contributed by atoms with Gasteiger partial charge in [-0.1, -0.05) is 17.7 Å². The fraction of sp³-hybridized carbons (Fsp3) is 0.588. The van der Waals surface area contributed by atoms with Crippen LogP contribution >= 0.6 is 0 Å². The second-order valence-electron chi connectivity index (χ2n) is 6.12. The summed E-state index contributed by atoms with van der Waals surface area (Å²) in [4.78, 5) is 13.4. The first-order valence-electron chi connectivity index (χ1n) is 7.45. The van der Waals surface area contributed by atoms with Crippen molar-refractivity contribution in [2.24, 2.45) is 0 Å². The first kappa shape index (κ1) is 15.0. The van der Waals surface area contributed by atoms with Gasteiger partial charge in [0.25, 0.3) is 0 Å². The predicted octanol–water partition coefficient (Wildman–Crippen LogP) is 3.61. The van der Waals surface area contributed by atoms with Gasteiger partial charge in [0.1, 0.15) is 0 Å². The molecule has 2 atom stereocenters. The Bertz CT molecular complexity index is 487. The summed E-state index contributed by atoms with van der Waals surface area (Å²) in [5, 5.41) is 9.06. The number of rotatable bonds is 4. The van der Waals surface area contributed by atoms with Gasteiger partial charge in [0.2, 0.25) is 0 Å². The molecule has 1 fully saturated rings. The molecule has 1 saturated heterocycles. The van der Waals surface area contributed by atoms with Crippen molar-refractivity contribution in [2.45, 2.75) is 59.0 Å². The minimum absolute atomic E-state index is 0.183. The average molecular weight is 275 g/mol. The van der Waals surface area contributed by atoms with Crippen LogP contribution in [0.4, 0.5) is 0 Å². The monoisotopic (exact) mass is 275 g/mol. The SMILES string of the molecule is Cc1cc(C)c(C(C)N2CCCC2CC(=O)O)c(C)c1. The van der Waals surface area contributed by atoms with Gasteiger partial charge in [-0.25, -0.2) is 0 Å². The van der Waals surface area contributed by atoms with Crippen molar-refractivity contribution in [3.63, 3.8) is 0 Å². The molecule has 0 spiro atoms. The minimum atomic E-state index is -0.688. The van der Waals surface area contributed by atoms with Crippen molar-refractivity contribution < 1.29 is 9.90 Å². The smallest absolute Gasteiger partial charge is 0.304 e. The van der Waals surface area contributed by atoms with E-state index in [1.807, 2.05) is 0 Å². The van der Waals surface area contributed by atoms with Gasteiger partial charge < -0.3 is 5.11 Å². The molecular formula is C17H25NO2. The van der Waals surface area contributed by atoms with Crippen molar-refractivity contribution >= 4 is 5.97 Å². The quantitative estimate of drug-likeness (QED) is 0.912. The number of hydrogen-bond donors (Lipinski definition) is 1. The number of benzene rings is 1. The van der Waals surface area contributed by atoms with Gasteiger partial charge in [-0.3, -0.25) is 9.69 Å². The highest BCUT2D eigenvalue weighted by Crippen LogP contribution is 2.34. The van der Waals surface area contributed by atoms with E-state index in [0.717, 1.165) is 19.4 Å². The number of hydrogen-bond acceptors (Lipinski definition) is 2. The number of carboxylic acids is 1. The molecule has 1 aliphatic rings. The van der Waals surface area contributed by atoms with Crippen LogP contribution in [0.1, 0.15) is 54.5 Å². The van der Waals surface area contributed by atoms with Crippen LogP contribution in [0.3, 0.4) is 0 Å². The molecule has 0 aromatic heterocycles. The van der Waals surface area contributed by atoms with Crippen LogP contribution < -0.4 is 0 Å². The van der Waals surface area contributed by atoms with Crippen molar-refractivity contribution in [3.8, 4) is 0 Å². The van der Waals surface area contributed by atoms with Crippen LogP contribution in [0.25, 0.3) is 0 Å². The zero-order valence-corrected chi connectivity index (χ0v) is 12.9. The average Bonchev–Trinajstić information content (AvgIpc) is 2.74. The lowest BCUT2D eigenvalue weighted by molar-refractivity contribution is -0.138. The molecule has 0 radical (unpaired) electrons. The Kier molecular flexibility index (Phi) is 4.48. The molecule has 1 heterocycles. The maximum atomic E-state index is 11.0. The summed E-state index contributed by atoms with van der Waals surface area (Å²) in [6, 6.07) is 4.92. The van der Waals surface area contributed by atoms with E-state index in [-0.39, 0.29) is 12.5 Å². The Balaban J connectivity index is 2.26. The molecule has 3 heteroatoms. The Labute approximate surface area is 121 Å². The summed E-state index contributed by atoms with van der Waals surface area (Å²) in [5.41, 5.74) is 5.29. The second kappa shape index (κ2) is 5.96. The summed E-state index contributed by atoms with van der Waals surface area (Å²) in [6.45, 7) is 9.66. The maximum Gasteiger partial charge on any atom is 0.304 e. The lowest BCUT2D eigenvalue weighted by Gasteiger charge is -2.32. The van der Waals surface area contributed by atoms with E-state index in [0.29, 0.717) is 6.04 Å². The fourth-order valence-corrected chi connectivity index (χ4v) is 3.80. The summed E-state index contributed by atoms with van der Waals surface area (Å²) < 4.78 is 0. The third-order valence-electron chi connectivity index (χ3n) is 4.49. The lowest BCUT2D eigenvalue weighted by atomic mass is 9.93. The van der Waals surface area contributed by atoms with Crippen molar-refractivity contribution in [1.29, 1.82) is 0 Å². The Morgan fingerprint density at radius 3 is 2.50 bits per heavy atom. The first-order valence-corrected chi connectivity index (χ1v) is 7.45. The predicted molar refractivity (Wildman–Crippen MR) is 81.0 cm³/mol. The molecule has 1 aromatic carbocycles. The molecule has 1 N–H and O–H groups in total. The van der Waals surface area contributed by atoms with E-state index in [2.05, 4.69) is 44.7 Å². The summed E-state index contributed by atoms with van der Waals surface area (Å²) in [5.74, 6) is -0.688. The van der Waals surface area contributed by atoms with Crippen LogP contribution in [0.2, 0.25) is 0 Å². The van der Waals surface area contributed by atoms with Gasteiger partial charge in [0.05, 0.1) is 6.42 Å². The summed E-state index contributed by atoms with van der Waals surface area (Å²) in [7, 11) is 0. The maximum absolute atomic E-state index is 11.0. The van der Waals surface area contributed by atoms with E-state index in [1.54, 1.807) is 0 Å². The molecule has 0 amide bonds. The molecule has 3 nitrogen and oxygen atoms in total. The molecule has 0 bridgehead atoms. The topological polar surface area (TPSA) is 40.5 Å². The van der Waals surface area contributed by atoms with Crippen molar-refractivity contribution in [2.75, 3.05) is 6.54 Å². The Hall–Kier alpha value is -1.35. The third-order valence-corrected chi connectivity index (χ3v) is 4.49. The fourth-order valence-electron chi connectivity index (χ4n) is 3.80. The highest BCUT2D eigenvalue weighted by molar-refractivity contribution is 5.67. The van der Waals surface area contributed by atoms with Gasteiger partial charge in [-0.05, 0) is 63.8 Å². The molecule has 20 heavy (non-hydrogen) atoms. The van der Waals surface area contributed by atoms with E-state index in [1.165, 1.54) is 22.3 Å². The minimum Gasteiger partial charge on any atom is -0.481 e. The van der Waals surface area contributed by atoms with Gasteiger partial charge in [-0.2, -0.15) is 0 Å². The van der Waals surface area contributed by atoms with Crippen molar-refractivity contribution in [1.82, 2.24) is 4.90 Å². The second-order valence-corrected chi connectivity index (χ2v) is 6.12. The highest BCUT2D eigenvalue weighted by atomic mass is 16.4. The first-order chi connectivity index (χ1) is 9.40. The lowest BCUT2D eigenvalue weighted by Crippen LogP contribution is -2.34.